The molecular weight excluding hydrogens is 270 g/mol. The second-order valence-corrected chi connectivity index (χ2v) is 6.52. The molecule has 0 saturated carbocycles. The molecule has 5 heteroatoms. The van der Waals surface area contributed by atoms with Crippen LogP contribution in [0.3, 0.4) is 0 Å². The first-order chi connectivity index (χ1) is 9.74. The molecule has 0 radical (unpaired) electrons. The zero-order valence-electron chi connectivity index (χ0n) is 12.8. The average Bonchev–Trinajstić information content (AvgIpc) is 2.35. The Morgan fingerprint density at radius 1 is 1.14 bits per heavy atom. The third-order valence-electron chi connectivity index (χ3n) is 3.54. The lowest BCUT2D eigenvalue weighted by molar-refractivity contribution is 0.0204. The van der Waals surface area contributed by atoms with E-state index >= 15 is 0 Å². The molecule has 1 fully saturated rings. The SMILES string of the molecule is CC(C)(C)OC(=O)N1CCC(c2cc(O)cc(O)c2)CC1. The molecule has 116 valence electrons. The quantitative estimate of drug-likeness (QED) is 0.834. The van der Waals surface area contributed by atoms with E-state index in [0.717, 1.165) is 18.4 Å². The number of nitrogens with zero attached hydrogens (tertiary/aromatic N) is 1. The minimum atomic E-state index is -0.481. The molecule has 0 bridgehead atoms. The van der Waals surface area contributed by atoms with E-state index in [2.05, 4.69) is 0 Å². The van der Waals surface area contributed by atoms with Crippen molar-refractivity contribution in [2.75, 3.05) is 13.1 Å². The molecule has 0 aliphatic carbocycles. The van der Waals surface area contributed by atoms with Crippen molar-refractivity contribution in [1.82, 2.24) is 4.90 Å². The highest BCUT2D eigenvalue weighted by Gasteiger charge is 2.27. The van der Waals surface area contributed by atoms with Gasteiger partial charge in [0.15, 0.2) is 0 Å². The molecule has 1 aliphatic heterocycles. The van der Waals surface area contributed by atoms with E-state index in [-0.39, 0.29) is 23.5 Å². The zero-order valence-corrected chi connectivity index (χ0v) is 12.8. The molecule has 2 rings (SSSR count). The lowest BCUT2D eigenvalue weighted by atomic mass is 9.89. The molecule has 1 amide bonds. The molecule has 0 aromatic heterocycles. The van der Waals surface area contributed by atoms with E-state index in [1.165, 1.54) is 6.07 Å². The third-order valence-corrected chi connectivity index (χ3v) is 3.54. The second kappa shape index (κ2) is 5.84. The Balaban J connectivity index is 1.95. The normalized spacial score (nSPS) is 16.8. The first kappa shape index (κ1) is 15.5. The van der Waals surface area contributed by atoms with Crippen molar-refractivity contribution < 1.29 is 19.7 Å². The van der Waals surface area contributed by atoms with Crippen LogP contribution in [-0.2, 0) is 4.74 Å². The minimum absolute atomic E-state index is 0.0690. The van der Waals surface area contributed by atoms with E-state index in [9.17, 15) is 15.0 Å². The van der Waals surface area contributed by atoms with Crippen molar-refractivity contribution in [1.29, 1.82) is 0 Å². The van der Waals surface area contributed by atoms with Crippen LogP contribution >= 0.6 is 0 Å². The topological polar surface area (TPSA) is 70.0 Å². The molecule has 5 nitrogen and oxygen atoms in total. The predicted molar refractivity (Wildman–Crippen MR) is 79.6 cm³/mol. The number of hydrogen-bond acceptors (Lipinski definition) is 4. The Bertz CT molecular complexity index is 493. The summed E-state index contributed by atoms with van der Waals surface area (Å²) in [4.78, 5) is 13.7. The van der Waals surface area contributed by atoms with Gasteiger partial charge in [0.1, 0.15) is 17.1 Å². The van der Waals surface area contributed by atoms with Crippen LogP contribution in [0.4, 0.5) is 4.79 Å². The minimum Gasteiger partial charge on any atom is -0.508 e. The molecule has 0 unspecified atom stereocenters. The molecule has 1 aromatic rings. The maximum absolute atomic E-state index is 12.0. The van der Waals surface area contributed by atoms with Gasteiger partial charge in [-0.05, 0) is 57.2 Å². The number of piperidine rings is 1. The summed E-state index contributed by atoms with van der Waals surface area (Å²) >= 11 is 0. The number of aromatic hydroxyl groups is 2. The summed E-state index contributed by atoms with van der Waals surface area (Å²) in [6.07, 6.45) is 1.31. The summed E-state index contributed by atoms with van der Waals surface area (Å²) in [6, 6.07) is 4.67. The number of carbonyl (C=O) groups excluding carboxylic acids is 1. The third kappa shape index (κ3) is 4.28. The number of benzene rings is 1. The second-order valence-electron chi connectivity index (χ2n) is 6.52. The van der Waals surface area contributed by atoms with Gasteiger partial charge < -0.3 is 19.8 Å². The Kier molecular flexibility index (Phi) is 4.30. The van der Waals surface area contributed by atoms with Gasteiger partial charge in [-0.25, -0.2) is 4.79 Å². The Morgan fingerprint density at radius 2 is 1.67 bits per heavy atom. The Morgan fingerprint density at radius 3 is 2.14 bits per heavy atom. The van der Waals surface area contributed by atoms with E-state index < -0.39 is 5.60 Å². The number of likely N-dealkylation sites (tertiary alicyclic amines) is 1. The van der Waals surface area contributed by atoms with Gasteiger partial charge in [-0.3, -0.25) is 0 Å². The summed E-state index contributed by atoms with van der Waals surface area (Å²) in [5.74, 6) is 0.376. The number of amides is 1. The van der Waals surface area contributed by atoms with Gasteiger partial charge in [0.2, 0.25) is 0 Å². The standard InChI is InChI=1S/C16H23NO4/c1-16(2,3)21-15(20)17-6-4-11(5-7-17)12-8-13(18)10-14(19)9-12/h8-11,18-19H,4-7H2,1-3H3. The van der Waals surface area contributed by atoms with Crippen LogP contribution < -0.4 is 0 Å². The van der Waals surface area contributed by atoms with Crippen LogP contribution in [-0.4, -0.2) is 39.9 Å². The zero-order chi connectivity index (χ0) is 15.6. The molecule has 21 heavy (non-hydrogen) atoms. The maximum atomic E-state index is 12.0. The van der Waals surface area contributed by atoms with Crippen LogP contribution in [0.25, 0.3) is 0 Å². The first-order valence-corrected chi connectivity index (χ1v) is 7.25. The summed E-state index contributed by atoms with van der Waals surface area (Å²) < 4.78 is 5.36. The number of phenolic OH excluding ortho intramolecular Hbond substituents is 2. The monoisotopic (exact) mass is 293 g/mol. The lowest BCUT2D eigenvalue weighted by Gasteiger charge is -2.33. The van der Waals surface area contributed by atoms with Crippen LogP contribution in [0.1, 0.15) is 45.1 Å². The first-order valence-electron chi connectivity index (χ1n) is 7.25. The van der Waals surface area contributed by atoms with E-state index in [0.29, 0.717) is 13.1 Å². The number of phenols is 2. The summed E-state index contributed by atoms with van der Waals surface area (Å²) in [6.45, 7) is 6.81. The molecule has 1 saturated heterocycles. The van der Waals surface area contributed by atoms with Gasteiger partial charge in [-0.1, -0.05) is 0 Å². The van der Waals surface area contributed by atoms with Gasteiger partial charge in [0.25, 0.3) is 0 Å². The summed E-state index contributed by atoms with van der Waals surface area (Å²) in [7, 11) is 0. The van der Waals surface area contributed by atoms with E-state index in [1.807, 2.05) is 20.8 Å². The van der Waals surface area contributed by atoms with Crippen molar-refractivity contribution in [2.45, 2.75) is 45.1 Å². The summed E-state index contributed by atoms with van der Waals surface area (Å²) in [5, 5.41) is 19.1. The highest BCUT2D eigenvalue weighted by Crippen LogP contribution is 2.33. The number of hydrogen-bond donors (Lipinski definition) is 2. The van der Waals surface area contributed by atoms with E-state index in [1.54, 1.807) is 17.0 Å². The Hall–Kier alpha value is -1.91. The fourth-order valence-electron chi connectivity index (χ4n) is 2.58. The van der Waals surface area contributed by atoms with Gasteiger partial charge in [-0.2, -0.15) is 0 Å². The summed E-state index contributed by atoms with van der Waals surface area (Å²) in [5.41, 5.74) is 0.432. The number of carbonyl (C=O) groups is 1. The van der Waals surface area contributed by atoms with Crippen LogP contribution in [0.15, 0.2) is 18.2 Å². The highest BCUT2D eigenvalue weighted by atomic mass is 16.6. The fraction of sp³-hybridized carbons (Fsp3) is 0.562. The average molecular weight is 293 g/mol. The predicted octanol–water partition coefficient (Wildman–Crippen LogP) is 3.21. The van der Waals surface area contributed by atoms with Gasteiger partial charge in [0, 0.05) is 19.2 Å². The highest BCUT2D eigenvalue weighted by molar-refractivity contribution is 5.68. The van der Waals surface area contributed by atoms with Crippen LogP contribution in [0, 0.1) is 0 Å². The fourth-order valence-corrected chi connectivity index (χ4v) is 2.58. The molecule has 2 N–H and O–H groups in total. The van der Waals surface area contributed by atoms with Crippen molar-refractivity contribution in [3.05, 3.63) is 23.8 Å². The maximum Gasteiger partial charge on any atom is 0.410 e. The lowest BCUT2D eigenvalue weighted by Crippen LogP contribution is -2.41. The van der Waals surface area contributed by atoms with Crippen LogP contribution in [0.2, 0.25) is 0 Å². The molecule has 0 spiro atoms. The molecular formula is C16H23NO4. The van der Waals surface area contributed by atoms with Crippen molar-refractivity contribution in [3.8, 4) is 11.5 Å². The number of ether oxygens (including phenoxy) is 1. The van der Waals surface area contributed by atoms with Gasteiger partial charge in [-0.15, -0.1) is 0 Å². The number of rotatable bonds is 1. The largest absolute Gasteiger partial charge is 0.508 e. The van der Waals surface area contributed by atoms with Gasteiger partial charge in [0.05, 0.1) is 0 Å². The van der Waals surface area contributed by atoms with Crippen molar-refractivity contribution >= 4 is 6.09 Å². The van der Waals surface area contributed by atoms with Gasteiger partial charge >= 0.3 is 6.09 Å². The van der Waals surface area contributed by atoms with Crippen molar-refractivity contribution in [2.24, 2.45) is 0 Å². The smallest absolute Gasteiger partial charge is 0.410 e. The molecule has 1 aromatic carbocycles. The molecule has 0 atom stereocenters. The molecule has 1 aliphatic rings. The van der Waals surface area contributed by atoms with Crippen molar-refractivity contribution in [3.63, 3.8) is 0 Å². The van der Waals surface area contributed by atoms with Crippen LogP contribution in [0.5, 0.6) is 11.5 Å². The molecule has 1 heterocycles. The Labute approximate surface area is 125 Å². The van der Waals surface area contributed by atoms with E-state index in [4.69, 9.17) is 4.74 Å².